The number of halogens is 1. The zero-order chi connectivity index (χ0) is 11.0. The van der Waals surface area contributed by atoms with Crippen LogP contribution in [0.5, 0.6) is 0 Å². The Morgan fingerprint density at radius 1 is 1.27 bits per heavy atom. The Kier molecular flexibility index (Phi) is 2.52. The first-order valence-electron chi connectivity index (χ1n) is 4.45. The number of hydrogen-bond acceptors (Lipinski definition) is 3. The molecule has 2 rings (SSSR count). The van der Waals surface area contributed by atoms with Crippen molar-refractivity contribution in [1.82, 2.24) is 0 Å². The lowest BCUT2D eigenvalue weighted by Gasteiger charge is -1.93. The molecule has 0 fully saturated rings. The molecule has 3 nitrogen and oxygen atoms in total. The molecule has 0 bridgehead atoms. The molecular weight excluding hydrogens is 260 g/mol. The summed E-state index contributed by atoms with van der Waals surface area (Å²) >= 11 is 3.15. The summed E-state index contributed by atoms with van der Waals surface area (Å²) in [6.45, 7) is 3.57. The van der Waals surface area contributed by atoms with Crippen molar-refractivity contribution in [2.75, 3.05) is 0 Å². The Bertz CT molecular complexity index is 508. The number of aryl methyl sites for hydroxylation is 2. The minimum absolute atomic E-state index is 0.157. The number of carbonyl (C=O) groups is 1. The second-order valence-electron chi connectivity index (χ2n) is 3.26. The third kappa shape index (κ3) is 1.90. The maximum absolute atomic E-state index is 11.9. The normalized spacial score (nSPS) is 10.6. The largest absolute Gasteiger partial charge is 0.466 e. The third-order valence-corrected chi connectivity index (χ3v) is 2.51. The highest BCUT2D eigenvalue weighted by Gasteiger charge is 2.18. The van der Waals surface area contributed by atoms with Gasteiger partial charge in [-0.2, -0.15) is 0 Å². The number of rotatable bonds is 2. The smallest absolute Gasteiger partial charge is 0.231 e. The van der Waals surface area contributed by atoms with Crippen molar-refractivity contribution in [3.05, 3.63) is 45.7 Å². The molecule has 0 radical (unpaired) electrons. The summed E-state index contributed by atoms with van der Waals surface area (Å²) in [6.07, 6.45) is 0. The van der Waals surface area contributed by atoms with Crippen LogP contribution in [0, 0.1) is 13.8 Å². The van der Waals surface area contributed by atoms with Gasteiger partial charge in [0.1, 0.15) is 11.5 Å². The molecule has 0 amide bonds. The van der Waals surface area contributed by atoms with Crippen LogP contribution in [0.1, 0.15) is 27.6 Å². The van der Waals surface area contributed by atoms with E-state index >= 15 is 0 Å². The lowest BCUT2D eigenvalue weighted by molar-refractivity contribution is 0.101. The first-order valence-corrected chi connectivity index (χ1v) is 5.24. The SMILES string of the molecule is Cc1cc(C(=O)c2ccc(Br)o2)c(C)o1. The molecular formula is C11H9BrO3. The lowest BCUT2D eigenvalue weighted by atomic mass is 10.1. The van der Waals surface area contributed by atoms with Gasteiger partial charge in [-0.3, -0.25) is 4.79 Å². The number of ketones is 1. The van der Waals surface area contributed by atoms with Crippen molar-refractivity contribution in [2.24, 2.45) is 0 Å². The standard InChI is InChI=1S/C11H9BrO3/c1-6-5-8(7(2)14-6)11(13)9-3-4-10(12)15-9/h3-5H,1-2H3. The second kappa shape index (κ2) is 3.70. The zero-order valence-electron chi connectivity index (χ0n) is 8.33. The molecule has 0 N–H and O–H groups in total. The maximum atomic E-state index is 11.9. The van der Waals surface area contributed by atoms with Gasteiger partial charge in [0, 0.05) is 0 Å². The van der Waals surface area contributed by atoms with Crippen molar-refractivity contribution in [3.8, 4) is 0 Å². The van der Waals surface area contributed by atoms with Crippen LogP contribution in [0.25, 0.3) is 0 Å². The van der Waals surface area contributed by atoms with Gasteiger partial charge < -0.3 is 8.83 Å². The average molecular weight is 269 g/mol. The van der Waals surface area contributed by atoms with E-state index in [0.717, 1.165) is 5.76 Å². The summed E-state index contributed by atoms with van der Waals surface area (Å²) in [5, 5.41) is 0. The first kappa shape index (κ1) is 10.2. The van der Waals surface area contributed by atoms with Crippen molar-refractivity contribution in [3.63, 3.8) is 0 Å². The highest BCUT2D eigenvalue weighted by atomic mass is 79.9. The molecule has 4 heteroatoms. The first-order chi connectivity index (χ1) is 7.08. The topological polar surface area (TPSA) is 43.4 Å². The van der Waals surface area contributed by atoms with E-state index in [1.54, 1.807) is 25.1 Å². The van der Waals surface area contributed by atoms with Gasteiger partial charge in [0.15, 0.2) is 10.4 Å². The predicted octanol–water partition coefficient (Wildman–Crippen LogP) is 3.48. The van der Waals surface area contributed by atoms with Crippen LogP contribution < -0.4 is 0 Å². The van der Waals surface area contributed by atoms with Crippen molar-refractivity contribution in [2.45, 2.75) is 13.8 Å². The van der Waals surface area contributed by atoms with Gasteiger partial charge in [0.25, 0.3) is 0 Å². The monoisotopic (exact) mass is 268 g/mol. The molecule has 0 saturated carbocycles. The van der Waals surface area contributed by atoms with E-state index in [9.17, 15) is 4.79 Å². The molecule has 78 valence electrons. The summed E-state index contributed by atoms with van der Waals surface area (Å²) in [6, 6.07) is 5.04. The van der Waals surface area contributed by atoms with E-state index in [2.05, 4.69) is 15.9 Å². The molecule has 2 aromatic rings. The summed E-state index contributed by atoms with van der Waals surface area (Å²) in [5.74, 6) is 1.49. The summed E-state index contributed by atoms with van der Waals surface area (Å²) in [7, 11) is 0. The van der Waals surface area contributed by atoms with E-state index in [-0.39, 0.29) is 5.78 Å². The number of hydrogen-bond donors (Lipinski definition) is 0. The Balaban J connectivity index is 2.40. The molecule has 15 heavy (non-hydrogen) atoms. The van der Waals surface area contributed by atoms with Crippen molar-refractivity contribution >= 4 is 21.7 Å². The van der Waals surface area contributed by atoms with Crippen LogP contribution in [-0.4, -0.2) is 5.78 Å². The highest BCUT2D eigenvalue weighted by molar-refractivity contribution is 9.10. The Hall–Kier alpha value is -1.29. The number of furan rings is 2. The molecule has 0 aliphatic carbocycles. The summed E-state index contributed by atoms with van der Waals surface area (Å²) < 4.78 is 11.0. The summed E-state index contributed by atoms with van der Waals surface area (Å²) in [5.41, 5.74) is 0.550. The van der Waals surface area contributed by atoms with Crippen LogP contribution in [-0.2, 0) is 0 Å². The average Bonchev–Trinajstić information content (AvgIpc) is 2.71. The van der Waals surface area contributed by atoms with Gasteiger partial charge in [-0.1, -0.05) is 0 Å². The van der Waals surface area contributed by atoms with Crippen LogP contribution in [0.15, 0.2) is 31.7 Å². The van der Waals surface area contributed by atoms with Gasteiger partial charge >= 0.3 is 0 Å². The fourth-order valence-electron chi connectivity index (χ4n) is 1.43. The van der Waals surface area contributed by atoms with Crippen LogP contribution in [0.3, 0.4) is 0 Å². The minimum Gasteiger partial charge on any atom is -0.466 e. The Labute approximate surface area is 95.2 Å². The molecule has 2 aromatic heterocycles. The minimum atomic E-state index is -0.157. The van der Waals surface area contributed by atoms with Gasteiger partial charge in [0.05, 0.1) is 5.56 Å². The molecule has 0 saturated heterocycles. The summed E-state index contributed by atoms with van der Waals surface area (Å²) in [4.78, 5) is 11.9. The molecule has 0 aromatic carbocycles. The Morgan fingerprint density at radius 2 is 2.00 bits per heavy atom. The van der Waals surface area contributed by atoms with Crippen LogP contribution in [0.4, 0.5) is 0 Å². The van der Waals surface area contributed by atoms with E-state index in [1.165, 1.54) is 0 Å². The van der Waals surface area contributed by atoms with Gasteiger partial charge in [-0.25, -0.2) is 0 Å². The molecule has 0 spiro atoms. The number of carbonyl (C=O) groups excluding carboxylic acids is 1. The molecule has 0 aliphatic heterocycles. The van der Waals surface area contributed by atoms with E-state index in [1.807, 2.05) is 6.92 Å². The fraction of sp³-hybridized carbons (Fsp3) is 0.182. The highest BCUT2D eigenvalue weighted by Crippen LogP contribution is 2.21. The molecule has 0 atom stereocenters. The van der Waals surface area contributed by atoms with Gasteiger partial charge in [-0.15, -0.1) is 0 Å². The van der Waals surface area contributed by atoms with Crippen LogP contribution in [0.2, 0.25) is 0 Å². The molecule has 0 aliphatic rings. The van der Waals surface area contributed by atoms with Crippen molar-refractivity contribution < 1.29 is 13.6 Å². The lowest BCUT2D eigenvalue weighted by Crippen LogP contribution is -1.99. The van der Waals surface area contributed by atoms with E-state index < -0.39 is 0 Å². The maximum Gasteiger partial charge on any atom is 0.231 e. The Morgan fingerprint density at radius 3 is 2.47 bits per heavy atom. The van der Waals surface area contributed by atoms with Crippen LogP contribution >= 0.6 is 15.9 Å². The predicted molar refractivity (Wildman–Crippen MR) is 58.0 cm³/mol. The van der Waals surface area contributed by atoms with Crippen molar-refractivity contribution in [1.29, 1.82) is 0 Å². The van der Waals surface area contributed by atoms with Gasteiger partial charge in [-0.05, 0) is 48.0 Å². The fourth-order valence-corrected chi connectivity index (χ4v) is 1.73. The van der Waals surface area contributed by atoms with Gasteiger partial charge in [0.2, 0.25) is 5.78 Å². The van der Waals surface area contributed by atoms with E-state index in [4.69, 9.17) is 8.83 Å². The molecule has 0 unspecified atom stereocenters. The molecule has 2 heterocycles. The second-order valence-corrected chi connectivity index (χ2v) is 4.04. The third-order valence-electron chi connectivity index (χ3n) is 2.08. The quantitative estimate of drug-likeness (QED) is 0.784. The zero-order valence-corrected chi connectivity index (χ0v) is 9.92. The van der Waals surface area contributed by atoms with E-state index in [0.29, 0.717) is 21.8 Å².